The van der Waals surface area contributed by atoms with Crippen LogP contribution in [0.2, 0.25) is 0 Å². The topological polar surface area (TPSA) is 77.0 Å². The Kier molecular flexibility index (Phi) is 5.52. The highest BCUT2D eigenvalue weighted by molar-refractivity contribution is 5.89. The number of benzene rings is 1. The van der Waals surface area contributed by atoms with Gasteiger partial charge in [0.15, 0.2) is 6.61 Å². The third-order valence-electron chi connectivity index (χ3n) is 3.26. The molecule has 1 N–H and O–H groups in total. The monoisotopic (exact) mass is 304 g/mol. The van der Waals surface area contributed by atoms with E-state index >= 15 is 0 Å². The maximum Gasteiger partial charge on any atom is 0.338 e. The Labute approximate surface area is 129 Å². The molecule has 1 aliphatic rings. The first kappa shape index (κ1) is 16.0. The number of hydrazone groups is 1. The van der Waals surface area contributed by atoms with E-state index in [1.54, 1.807) is 31.2 Å². The second-order valence-electron chi connectivity index (χ2n) is 5.10. The minimum Gasteiger partial charge on any atom is -0.484 e. The molecule has 6 nitrogen and oxygen atoms in total. The molecule has 0 unspecified atom stereocenters. The molecule has 0 radical (unpaired) electrons. The molecule has 0 bridgehead atoms. The van der Waals surface area contributed by atoms with Gasteiger partial charge in [0.25, 0.3) is 5.91 Å². The second-order valence-corrected chi connectivity index (χ2v) is 5.10. The smallest absolute Gasteiger partial charge is 0.338 e. The maximum atomic E-state index is 11.6. The molecule has 2 rings (SSSR count). The lowest BCUT2D eigenvalue weighted by molar-refractivity contribution is -0.123. The SMILES string of the molecule is CCOC(=O)c1ccc(OCC(=O)NN=C(C)C2CC2)cc1. The molecular weight excluding hydrogens is 284 g/mol. The lowest BCUT2D eigenvalue weighted by Crippen LogP contribution is -2.25. The number of rotatable bonds is 7. The highest BCUT2D eigenvalue weighted by Crippen LogP contribution is 2.30. The molecule has 0 atom stereocenters. The van der Waals surface area contributed by atoms with Gasteiger partial charge in [-0.15, -0.1) is 0 Å². The van der Waals surface area contributed by atoms with Gasteiger partial charge >= 0.3 is 5.97 Å². The summed E-state index contributed by atoms with van der Waals surface area (Å²) in [5, 5.41) is 4.03. The van der Waals surface area contributed by atoms with E-state index in [-0.39, 0.29) is 18.5 Å². The van der Waals surface area contributed by atoms with Gasteiger partial charge < -0.3 is 9.47 Å². The Morgan fingerprint density at radius 3 is 2.55 bits per heavy atom. The maximum absolute atomic E-state index is 11.6. The second kappa shape index (κ2) is 7.59. The molecule has 118 valence electrons. The number of hydrogen-bond donors (Lipinski definition) is 1. The summed E-state index contributed by atoms with van der Waals surface area (Å²) in [6, 6.07) is 6.44. The first-order valence-electron chi connectivity index (χ1n) is 7.33. The Hall–Kier alpha value is -2.37. The first-order valence-corrected chi connectivity index (χ1v) is 7.33. The lowest BCUT2D eigenvalue weighted by atomic mass is 10.2. The van der Waals surface area contributed by atoms with Crippen LogP contribution in [-0.2, 0) is 9.53 Å². The molecule has 1 aliphatic carbocycles. The van der Waals surface area contributed by atoms with Crippen molar-refractivity contribution in [3.8, 4) is 5.75 Å². The summed E-state index contributed by atoms with van der Waals surface area (Å²) in [4.78, 5) is 23.1. The number of carbonyl (C=O) groups is 2. The summed E-state index contributed by atoms with van der Waals surface area (Å²) in [5.41, 5.74) is 3.87. The zero-order chi connectivity index (χ0) is 15.9. The van der Waals surface area contributed by atoms with Gasteiger partial charge in [0.05, 0.1) is 12.2 Å². The van der Waals surface area contributed by atoms with Crippen molar-refractivity contribution in [3.63, 3.8) is 0 Å². The van der Waals surface area contributed by atoms with Crippen molar-refractivity contribution in [2.75, 3.05) is 13.2 Å². The molecule has 0 aliphatic heterocycles. The zero-order valence-electron chi connectivity index (χ0n) is 12.8. The van der Waals surface area contributed by atoms with Gasteiger partial charge in [-0.05, 0) is 56.9 Å². The van der Waals surface area contributed by atoms with Crippen LogP contribution >= 0.6 is 0 Å². The van der Waals surface area contributed by atoms with Gasteiger partial charge in [0.1, 0.15) is 5.75 Å². The highest BCUT2D eigenvalue weighted by atomic mass is 16.5. The van der Waals surface area contributed by atoms with Crippen LogP contribution in [0.4, 0.5) is 0 Å². The summed E-state index contributed by atoms with van der Waals surface area (Å²) in [7, 11) is 0. The summed E-state index contributed by atoms with van der Waals surface area (Å²) < 4.78 is 10.2. The fourth-order valence-electron chi connectivity index (χ4n) is 1.83. The van der Waals surface area contributed by atoms with Crippen LogP contribution in [0.1, 0.15) is 37.0 Å². The van der Waals surface area contributed by atoms with Crippen molar-refractivity contribution < 1.29 is 19.1 Å². The molecule has 1 fully saturated rings. The van der Waals surface area contributed by atoms with E-state index in [4.69, 9.17) is 9.47 Å². The van der Waals surface area contributed by atoms with Crippen molar-refractivity contribution in [2.24, 2.45) is 11.0 Å². The lowest BCUT2D eigenvalue weighted by Gasteiger charge is -2.06. The van der Waals surface area contributed by atoms with E-state index in [2.05, 4.69) is 10.5 Å². The fourth-order valence-corrected chi connectivity index (χ4v) is 1.83. The molecule has 0 heterocycles. The standard InChI is InChI=1S/C16H20N2O4/c1-3-21-16(20)13-6-8-14(9-7-13)22-10-15(19)18-17-11(2)12-4-5-12/h6-9,12H,3-5,10H2,1-2H3,(H,18,19). The molecular formula is C16H20N2O4. The van der Waals surface area contributed by atoms with Crippen molar-refractivity contribution in [3.05, 3.63) is 29.8 Å². The molecule has 1 aromatic carbocycles. The minimum absolute atomic E-state index is 0.125. The Bertz CT molecular complexity index is 562. The first-order chi connectivity index (χ1) is 10.6. The average molecular weight is 304 g/mol. The van der Waals surface area contributed by atoms with E-state index in [0.717, 1.165) is 18.6 Å². The molecule has 6 heteroatoms. The van der Waals surface area contributed by atoms with E-state index in [0.29, 0.717) is 23.8 Å². The Balaban J connectivity index is 1.77. The van der Waals surface area contributed by atoms with Gasteiger partial charge in [-0.3, -0.25) is 4.79 Å². The predicted molar refractivity (Wildman–Crippen MR) is 81.9 cm³/mol. The fraction of sp³-hybridized carbons (Fsp3) is 0.438. The largest absolute Gasteiger partial charge is 0.484 e. The van der Waals surface area contributed by atoms with Gasteiger partial charge in [0, 0.05) is 5.71 Å². The van der Waals surface area contributed by atoms with Crippen LogP contribution in [0.3, 0.4) is 0 Å². The predicted octanol–water partition coefficient (Wildman–Crippen LogP) is 2.14. The Morgan fingerprint density at radius 1 is 1.27 bits per heavy atom. The van der Waals surface area contributed by atoms with Crippen LogP contribution < -0.4 is 10.2 Å². The molecule has 0 aromatic heterocycles. The number of esters is 1. The van der Waals surface area contributed by atoms with Crippen LogP contribution in [-0.4, -0.2) is 30.8 Å². The number of nitrogens with zero attached hydrogens (tertiary/aromatic N) is 1. The van der Waals surface area contributed by atoms with Crippen LogP contribution in [0.15, 0.2) is 29.4 Å². The normalized spacial score (nSPS) is 14.4. The van der Waals surface area contributed by atoms with Crippen LogP contribution in [0, 0.1) is 5.92 Å². The number of carbonyl (C=O) groups excluding carboxylic acids is 2. The zero-order valence-corrected chi connectivity index (χ0v) is 12.8. The molecule has 22 heavy (non-hydrogen) atoms. The molecule has 1 aromatic rings. The number of nitrogens with one attached hydrogen (secondary N) is 1. The van der Waals surface area contributed by atoms with E-state index in [9.17, 15) is 9.59 Å². The summed E-state index contributed by atoms with van der Waals surface area (Å²) >= 11 is 0. The quantitative estimate of drug-likeness (QED) is 0.475. The summed E-state index contributed by atoms with van der Waals surface area (Å²) in [5.74, 6) is 0.342. The van der Waals surface area contributed by atoms with Crippen molar-refractivity contribution in [1.29, 1.82) is 0 Å². The van der Waals surface area contributed by atoms with E-state index < -0.39 is 0 Å². The number of amides is 1. The van der Waals surface area contributed by atoms with Crippen LogP contribution in [0.25, 0.3) is 0 Å². The highest BCUT2D eigenvalue weighted by Gasteiger charge is 2.24. The van der Waals surface area contributed by atoms with Gasteiger partial charge in [-0.25, -0.2) is 10.2 Å². The molecule has 0 spiro atoms. The summed E-state index contributed by atoms with van der Waals surface area (Å²) in [6.07, 6.45) is 2.29. The minimum atomic E-state index is -0.378. The van der Waals surface area contributed by atoms with Gasteiger partial charge in [0.2, 0.25) is 0 Å². The summed E-state index contributed by atoms with van der Waals surface area (Å²) in [6.45, 7) is 3.87. The molecule has 1 amide bonds. The average Bonchev–Trinajstić information content (AvgIpc) is 3.36. The van der Waals surface area contributed by atoms with Crippen molar-refractivity contribution in [1.82, 2.24) is 5.43 Å². The van der Waals surface area contributed by atoms with Gasteiger partial charge in [-0.1, -0.05) is 0 Å². The third-order valence-corrected chi connectivity index (χ3v) is 3.26. The van der Waals surface area contributed by atoms with E-state index in [1.807, 2.05) is 6.92 Å². The van der Waals surface area contributed by atoms with Crippen LogP contribution in [0.5, 0.6) is 5.75 Å². The number of ether oxygens (including phenoxy) is 2. The number of hydrogen-bond acceptors (Lipinski definition) is 5. The van der Waals surface area contributed by atoms with Gasteiger partial charge in [-0.2, -0.15) is 5.10 Å². The third kappa shape index (κ3) is 4.87. The Morgan fingerprint density at radius 2 is 1.95 bits per heavy atom. The van der Waals surface area contributed by atoms with Crippen molar-refractivity contribution in [2.45, 2.75) is 26.7 Å². The van der Waals surface area contributed by atoms with E-state index in [1.165, 1.54) is 0 Å². The molecule has 0 saturated heterocycles. The molecule has 1 saturated carbocycles. The van der Waals surface area contributed by atoms with Crippen molar-refractivity contribution >= 4 is 17.6 Å².